The van der Waals surface area contributed by atoms with E-state index in [9.17, 15) is 4.79 Å². The lowest BCUT2D eigenvalue weighted by molar-refractivity contribution is -0.116. The topological polar surface area (TPSA) is 39.2 Å². The number of ketones is 1. The minimum atomic E-state index is 0.208. The first-order valence-corrected chi connectivity index (χ1v) is 5.71. The fourth-order valence-electron chi connectivity index (χ4n) is 1.42. The second kappa shape index (κ2) is 6.26. The molecule has 0 bridgehead atoms. The third-order valence-corrected chi connectivity index (χ3v) is 2.39. The maximum atomic E-state index is 10.9. The molecule has 0 fully saturated rings. The number of rotatable bonds is 6. The second-order valence-electron chi connectivity index (χ2n) is 3.97. The third kappa shape index (κ3) is 4.01. The molecule has 1 aromatic rings. The van der Waals surface area contributed by atoms with Crippen LogP contribution in [0, 0.1) is 6.92 Å². The fourth-order valence-corrected chi connectivity index (χ4v) is 1.42. The zero-order chi connectivity index (χ0) is 12.0. The van der Waals surface area contributed by atoms with Crippen molar-refractivity contribution in [2.24, 2.45) is 0 Å². The average Bonchev–Trinajstić information content (AvgIpc) is 2.26. The van der Waals surface area contributed by atoms with Gasteiger partial charge in [-0.25, -0.2) is 0 Å². The summed E-state index contributed by atoms with van der Waals surface area (Å²) in [7, 11) is 0. The predicted octanol–water partition coefficient (Wildman–Crippen LogP) is 2.70. The molecule has 0 spiro atoms. The Morgan fingerprint density at radius 3 is 2.88 bits per heavy atom. The maximum absolute atomic E-state index is 10.9. The van der Waals surface area contributed by atoms with Crippen LogP contribution in [0.3, 0.4) is 0 Å². The third-order valence-electron chi connectivity index (χ3n) is 2.39. The molecule has 0 aliphatic heterocycles. The number of hydrogen-bond acceptors (Lipinski definition) is 3. The molecular formula is C13H19NO2. The number of carbonyl (C=O) groups excluding carboxylic acids is 1. The Hall–Kier alpha value is -1.38. The van der Waals surface area contributed by atoms with E-state index >= 15 is 0 Å². The summed E-state index contributed by atoms with van der Waals surface area (Å²) in [5.74, 6) is 1.00. The smallest absolute Gasteiger partial charge is 0.137 e. The van der Waals surface area contributed by atoms with E-state index in [1.165, 1.54) is 0 Å². The van der Waals surface area contributed by atoms with Crippen molar-refractivity contribution in [2.45, 2.75) is 40.0 Å². The Morgan fingerprint density at radius 1 is 1.50 bits per heavy atom. The number of pyridine rings is 1. The summed E-state index contributed by atoms with van der Waals surface area (Å²) < 4.78 is 5.51. The number of aromatic nitrogens is 1. The van der Waals surface area contributed by atoms with Gasteiger partial charge in [0.2, 0.25) is 0 Å². The van der Waals surface area contributed by atoms with Crippen LogP contribution in [0.25, 0.3) is 0 Å². The lowest BCUT2D eigenvalue weighted by Crippen LogP contribution is -2.01. The quantitative estimate of drug-likeness (QED) is 0.741. The molecular weight excluding hydrogens is 202 g/mol. The Morgan fingerprint density at radius 2 is 2.25 bits per heavy atom. The van der Waals surface area contributed by atoms with Crippen LogP contribution in [-0.2, 0) is 11.2 Å². The molecule has 3 nitrogen and oxygen atoms in total. The first-order valence-electron chi connectivity index (χ1n) is 5.71. The molecule has 1 aromatic heterocycles. The van der Waals surface area contributed by atoms with E-state index in [0.717, 1.165) is 29.8 Å². The van der Waals surface area contributed by atoms with Crippen LogP contribution in [-0.4, -0.2) is 17.4 Å². The summed E-state index contributed by atoms with van der Waals surface area (Å²) in [5, 5.41) is 0. The van der Waals surface area contributed by atoms with Gasteiger partial charge in [0.1, 0.15) is 11.5 Å². The first kappa shape index (κ1) is 12.7. The van der Waals surface area contributed by atoms with Crippen LogP contribution in [0.5, 0.6) is 5.75 Å². The molecule has 0 amide bonds. The number of ether oxygens (including phenoxy) is 1. The Labute approximate surface area is 96.8 Å². The molecule has 0 N–H and O–H groups in total. The van der Waals surface area contributed by atoms with Gasteiger partial charge in [0.15, 0.2) is 0 Å². The van der Waals surface area contributed by atoms with Crippen LogP contribution in [0.2, 0.25) is 0 Å². The maximum Gasteiger partial charge on any atom is 0.137 e. The number of nitrogens with zero attached hydrogens (tertiary/aromatic N) is 1. The lowest BCUT2D eigenvalue weighted by atomic mass is 10.1. The van der Waals surface area contributed by atoms with E-state index in [0.29, 0.717) is 13.0 Å². The summed E-state index contributed by atoms with van der Waals surface area (Å²) in [6.45, 7) is 6.34. The summed E-state index contributed by atoms with van der Waals surface area (Å²) >= 11 is 0. The second-order valence-corrected chi connectivity index (χ2v) is 3.97. The monoisotopic (exact) mass is 221 g/mol. The van der Waals surface area contributed by atoms with Gasteiger partial charge < -0.3 is 9.53 Å². The van der Waals surface area contributed by atoms with E-state index in [-0.39, 0.29) is 5.78 Å². The van der Waals surface area contributed by atoms with Crippen molar-refractivity contribution in [1.82, 2.24) is 4.98 Å². The summed E-state index contributed by atoms with van der Waals surface area (Å²) in [6.07, 6.45) is 4.04. The molecule has 0 saturated carbocycles. The minimum absolute atomic E-state index is 0.208. The van der Waals surface area contributed by atoms with Gasteiger partial charge in [0, 0.05) is 12.1 Å². The predicted molar refractivity (Wildman–Crippen MR) is 63.8 cm³/mol. The van der Waals surface area contributed by atoms with E-state index in [1.54, 1.807) is 13.1 Å². The highest BCUT2D eigenvalue weighted by atomic mass is 16.5. The van der Waals surface area contributed by atoms with E-state index in [4.69, 9.17) is 4.74 Å². The van der Waals surface area contributed by atoms with Crippen LogP contribution >= 0.6 is 0 Å². The van der Waals surface area contributed by atoms with Gasteiger partial charge in [-0.2, -0.15) is 0 Å². The zero-order valence-corrected chi connectivity index (χ0v) is 10.2. The summed E-state index contributed by atoms with van der Waals surface area (Å²) in [4.78, 5) is 15.2. The van der Waals surface area contributed by atoms with E-state index < -0.39 is 0 Å². The Bertz CT molecular complexity index is 361. The van der Waals surface area contributed by atoms with Crippen molar-refractivity contribution >= 4 is 5.78 Å². The SMILES string of the molecule is CCCOc1cnc(C)c(CCC(C)=O)c1. The number of hydrogen-bond donors (Lipinski definition) is 0. The molecule has 0 aromatic carbocycles. The molecule has 0 unspecified atom stereocenters. The van der Waals surface area contributed by atoms with Gasteiger partial charge in [-0.05, 0) is 38.3 Å². The fraction of sp³-hybridized carbons (Fsp3) is 0.538. The van der Waals surface area contributed by atoms with Crippen molar-refractivity contribution < 1.29 is 9.53 Å². The number of Topliss-reactive ketones (excluding diaryl/α,β-unsaturated/α-hetero) is 1. The summed E-state index contributed by atoms with van der Waals surface area (Å²) in [5.41, 5.74) is 2.08. The molecule has 16 heavy (non-hydrogen) atoms. The lowest BCUT2D eigenvalue weighted by Gasteiger charge is -2.08. The molecule has 1 heterocycles. The Kier molecular flexibility index (Phi) is 4.96. The molecule has 0 aliphatic carbocycles. The van der Waals surface area contributed by atoms with Gasteiger partial charge in [-0.15, -0.1) is 0 Å². The molecule has 1 rings (SSSR count). The van der Waals surface area contributed by atoms with Gasteiger partial charge >= 0.3 is 0 Å². The molecule has 88 valence electrons. The van der Waals surface area contributed by atoms with Crippen LogP contribution in [0.4, 0.5) is 0 Å². The van der Waals surface area contributed by atoms with Crippen molar-refractivity contribution in [3.8, 4) is 5.75 Å². The van der Waals surface area contributed by atoms with Crippen molar-refractivity contribution in [2.75, 3.05) is 6.61 Å². The standard InChI is InChI=1S/C13H19NO2/c1-4-7-16-13-8-12(6-5-10(2)15)11(3)14-9-13/h8-9H,4-7H2,1-3H3. The summed E-state index contributed by atoms with van der Waals surface area (Å²) in [6, 6.07) is 1.99. The number of carbonyl (C=O) groups is 1. The highest BCUT2D eigenvalue weighted by Crippen LogP contribution is 2.16. The molecule has 0 aliphatic rings. The van der Waals surface area contributed by atoms with E-state index in [1.807, 2.05) is 13.0 Å². The van der Waals surface area contributed by atoms with Gasteiger partial charge in [-0.1, -0.05) is 6.92 Å². The molecule has 0 atom stereocenters. The molecule has 0 radical (unpaired) electrons. The van der Waals surface area contributed by atoms with Crippen molar-refractivity contribution in [3.63, 3.8) is 0 Å². The van der Waals surface area contributed by atoms with Gasteiger partial charge in [-0.3, -0.25) is 4.98 Å². The number of aryl methyl sites for hydroxylation is 2. The normalized spacial score (nSPS) is 10.2. The van der Waals surface area contributed by atoms with Crippen LogP contribution < -0.4 is 4.74 Å². The van der Waals surface area contributed by atoms with Crippen LogP contribution in [0.15, 0.2) is 12.3 Å². The first-order chi connectivity index (χ1) is 7.63. The average molecular weight is 221 g/mol. The van der Waals surface area contributed by atoms with E-state index in [2.05, 4.69) is 11.9 Å². The van der Waals surface area contributed by atoms with Crippen LogP contribution in [0.1, 0.15) is 37.9 Å². The molecule has 0 saturated heterocycles. The Balaban J connectivity index is 2.69. The van der Waals surface area contributed by atoms with Crippen molar-refractivity contribution in [3.05, 3.63) is 23.5 Å². The molecule has 3 heteroatoms. The van der Waals surface area contributed by atoms with Gasteiger partial charge in [0.25, 0.3) is 0 Å². The zero-order valence-electron chi connectivity index (χ0n) is 10.2. The van der Waals surface area contributed by atoms with Gasteiger partial charge in [0.05, 0.1) is 12.8 Å². The minimum Gasteiger partial charge on any atom is -0.492 e. The highest BCUT2D eigenvalue weighted by molar-refractivity contribution is 5.75. The van der Waals surface area contributed by atoms with Crippen molar-refractivity contribution in [1.29, 1.82) is 0 Å². The highest BCUT2D eigenvalue weighted by Gasteiger charge is 2.04. The largest absolute Gasteiger partial charge is 0.492 e.